The van der Waals surface area contributed by atoms with Crippen LogP contribution < -0.4 is 16.6 Å². The number of aryl methyl sites for hydroxylation is 1. The molecule has 0 unspecified atom stereocenters. The predicted octanol–water partition coefficient (Wildman–Crippen LogP) is 1.30. The van der Waals surface area contributed by atoms with Crippen molar-refractivity contribution in [2.24, 2.45) is 5.84 Å². The number of hydrogen-bond acceptors (Lipinski definition) is 5. The number of aromatic nitrogens is 2. The number of carbonyl (C=O) groups is 1. The summed E-state index contributed by atoms with van der Waals surface area (Å²) in [5.41, 5.74) is 5.00. The summed E-state index contributed by atoms with van der Waals surface area (Å²) in [6.07, 6.45) is 4.99. The maximum atomic E-state index is 12.2. The number of nitrogens with one attached hydrogen (secondary N) is 2. The molecule has 2 aromatic heterocycles. The van der Waals surface area contributed by atoms with E-state index < -0.39 is 0 Å². The van der Waals surface area contributed by atoms with Crippen LogP contribution in [0.3, 0.4) is 0 Å². The third-order valence-corrected chi connectivity index (χ3v) is 3.10. The van der Waals surface area contributed by atoms with Crippen molar-refractivity contribution in [3.05, 3.63) is 53.5 Å². The summed E-state index contributed by atoms with van der Waals surface area (Å²) in [5.74, 6) is 5.74. The fraction of sp³-hybridized carbons (Fsp3) is 0.267. The third kappa shape index (κ3) is 4.25. The van der Waals surface area contributed by atoms with Crippen LogP contribution in [0.15, 0.2) is 36.7 Å². The second-order valence-corrected chi connectivity index (χ2v) is 4.59. The summed E-state index contributed by atoms with van der Waals surface area (Å²) >= 11 is 0. The zero-order chi connectivity index (χ0) is 15.1. The van der Waals surface area contributed by atoms with E-state index in [0.29, 0.717) is 17.9 Å². The van der Waals surface area contributed by atoms with E-state index in [1.165, 1.54) is 0 Å². The van der Waals surface area contributed by atoms with Crippen LogP contribution in [0.5, 0.6) is 0 Å². The van der Waals surface area contributed by atoms with Gasteiger partial charge < -0.3 is 10.7 Å². The fourth-order valence-electron chi connectivity index (χ4n) is 1.95. The monoisotopic (exact) mass is 285 g/mol. The molecule has 6 nitrogen and oxygen atoms in total. The van der Waals surface area contributed by atoms with Crippen molar-refractivity contribution in [3.8, 4) is 0 Å². The smallest absolute Gasteiger partial charge is 0.251 e. The Morgan fingerprint density at radius 3 is 2.71 bits per heavy atom. The first-order valence-electron chi connectivity index (χ1n) is 6.87. The minimum Gasteiger partial charge on any atom is -0.352 e. The normalized spacial score (nSPS) is 10.2. The first kappa shape index (κ1) is 14.9. The summed E-state index contributed by atoms with van der Waals surface area (Å²) in [5, 5.41) is 2.89. The van der Waals surface area contributed by atoms with E-state index >= 15 is 0 Å². The van der Waals surface area contributed by atoms with Gasteiger partial charge in [0, 0.05) is 30.2 Å². The highest BCUT2D eigenvalue weighted by molar-refractivity contribution is 5.95. The molecule has 0 aliphatic carbocycles. The van der Waals surface area contributed by atoms with Gasteiger partial charge in [-0.2, -0.15) is 0 Å². The first-order chi connectivity index (χ1) is 10.2. The zero-order valence-electron chi connectivity index (χ0n) is 12.0. The summed E-state index contributed by atoms with van der Waals surface area (Å²) in [4.78, 5) is 20.4. The predicted molar refractivity (Wildman–Crippen MR) is 81.7 cm³/mol. The van der Waals surface area contributed by atoms with E-state index in [9.17, 15) is 4.79 Å². The molecular weight excluding hydrogens is 266 g/mol. The van der Waals surface area contributed by atoms with Gasteiger partial charge in [-0.25, -0.2) is 10.8 Å². The number of nitrogens with zero attached hydrogens (tertiary/aromatic N) is 2. The number of nitrogen functional groups attached to an aromatic ring is 1. The molecule has 4 N–H and O–H groups in total. The molecule has 2 aromatic rings. The number of hydrogen-bond donors (Lipinski definition) is 3. The molecule has 0 aliphatic heterocycles. The molecule has 2 rings (SSSR count). The van der Waals surface area contributed by atoms with Gasteiger partial charge in [0.1, 0.15) is 5.82 Å². The molecule has 0 fully saturated rings. The average Bonchev–Trinajstić information content (AvgIpc) is 2.55. The maximum absolute atomic E-state index is 12.2. The standard InChI is InChI=1S/C15H19N5O/c1-2-13-9-12(10-14(19-13)20-16)15(21)18-8-5-11-3-6-17-7-4-11/h3-4,6-7,9-10H,2,5,8,16H2,1H3,(H,18,21)(H,19,20). The minimum absolute atomic E-state index is 0.127. The molecule has 0 saturated carbocycles. The molecule has 21 heavy (non-hydrogen) atoms. The van der Waals surface area contributed by atoms with Crippen LogP contribution in [0.2, 0.25) is 0 Å². The second-order valence-electron chi connectivity index (χ2n) is 4.59. The van der Waals surface area contributed by atoms with Gasteiger partial charge in [0.15, 0.2) is 0 Å². The van der Waals surface area contributed by atoms with E-state index in [4.69, 9.17) is 5.84 Å². The molecule has 0 bridgehead atoms. The van der Waals surface area contributed by atoms with Gasteiger partial charge in [-0.3, -0.25) is 9.78 Å². The number of rotatable bonds is 6. The Bertz CT molecular complexity index is 578. The summed E-state index contributed by atoms with van der Waals surface area (Å²) in [7, 11) is 0. The lowest BCUT2D eigenvalue weighted by Gasteiger charge is -2.08. The first-order valence-corrected chi connectivity index (χ1v) is 6.87. The SMILES string of the molecule is CCc1cc(C(=O)NCCc2ccncc2)cc(NN)n1. The molecule has 2 heterocycles. The van der Waals surface area contributed by atoms with Crippen molar-refractivity contribution in [2.45, 2.75) is 19.8 Å². The van der Waals surface area contributed by atoms with Gasteiger partial charge >= 0.3 is 0 Å². The van der Waals surface area contributed by atoms with E-state index in [-0.39, 0.29) is 5.91 Å². The van der Waals surface area contributed by atoms with Crippen molar-refractivity contribution in [3.63, 3.8) is 0 Å². The lowest BCUT2D eigenvalue weighted by Crippen LogP contribution is -2.26. The second kappa shape index (κ2) is 7.35. The average molecular weight is 285 g/mol. The van der Waals surface area contributed by atoms with Crippen molar-refractivity contribution in [1.82, 2.24) is 15.3 Å². The Balaban J connectivity index is 1.97. The fourth-order valence-corrected chi connectivity index (χ4v) is 1.95. The molecule has 0 aliphatic rings. The largest absolute Gasteiger partial charge is 0.352 e. The lowest BCUT2D eigenvalue weighted by atomic mass is 10.1. The van der Waals surface area contributed by atoms with Crippen molar-refractivity contribution in [1.29, 1.82) is 0 Å². The Morgan fingerprint density at radius 2 is 2.05 bits per heavy atom. The molecule has 6 heteroatoms. The number of hydrazine groups is 1. The van der Waals surface area contributed by atoms with Gasteiger partial charge in [0.05, 0.1) is 0 Å². The highest BCUT2D eigenvalue weighted by Crippen LogP contribution is 2.10. The zero-order valence-corrected chi connectivity index (χ0v) is 12.0. The molecule has 0 spiro atoms. The van der Waals surface area contributed by atoms with Gasteiger partial charge in [-0.05, 0) is 42.7 Å². The molecule has 0 saturated heterocycles. The van der Waals surface area contributed by atoms with Crippen LogP contribution >= 0.6 is 0 Å². The maximum Gasteiger partial charge on any atom is 0.251 e. The van der Waals surface area contributed by atoms with Gasteiger partial charge in [0.25, 0.3) is 5.91 Å². The summed E-state index contributed by atoms with van der Waals surface area (Å²) in [6, 6.07) is 7.29. The topological polar surface area (TPSA) is 92.9 Å². The van der Waals surface area contributed by atoms with Gasteiger partial charge in [-0.1, -0.05) is 6.92 Å². The van der Waals surface area contributed by atoms with E-state index in [2.05, 4.69) is 20.7 Å². The summed E-state index contributed by atoms with van der Waals surface area (Å²) in [6.45, 7) is 2.55. The number of anilines is 1. The molecule has 0 aromatic carbocycles. The van der Waals surface area contributed by atoms with Crippen LogP contribution in [0, 0.1) is 0 Å². The Kier molecular flexibility index (Phi) is 5.22. The van der Waals surface area contributed by atoms with E-state index in [1.54, 1.807) is 24.5 Å². The minimum atomic E-state index is -0.127. The lowest BCUT2D eigenvalue weighted by molar-refractivity contribution is 0.0954. The highest BCUT2D eigenvalue weighted by atomic mass is 16.1. The van der Waals surface area contributed by atoms with Crippen LogP contribution in [-0.4, -0.2) is 22.4 Å². The Morgan fingerprint density at radius 1 is 1.29 bits per heavy atom. The Hall–Kier alpha value is -2.47. The van der Waals surface area contributed by atoms with Gasteiger partial charge in [-0.15, -0.1) is 0 Å². The number of carbonyl (C=O) groups excluding carboxylic acids is 1. The van der Waals surface area contributed by atoms with Gasteiger partial charge in [0.2, 0.25) is 0 Å². The molecular formula is C15H19N5O. The van der Waals surface area contributed by atoms with Crippen molar-refractivity contribution < 1.29 is 4.79 Å². The molecule has 1 amide bonds. The number of amides is 1. The quantitative estimate of drug-likeness (QED) is 0.549. The van der Waals surface area contributed by atoms with Crippen LogP contribution in [-0.2, 0) is 12.8 Å². The van der Waals surface area contributed by atoms with Crippen LogP contribution in [0.4, 0.5) is 5.82 Å². The van der Waals surface area contributed by atoms with Crippen molar-refractivity contribution in [2.75, 3.05) is 12.0 Å². The van der Waals surface area contributed by atoms with Crippen LogP contribution in [0.25, 0.3) is 0 Å². The van der Waals surface area contributed by atoms with Crippen molar-refractivity contribution >= 4 is 11.7 Å². The molecule has 0 atom stereocenters. The summed E-state index contributed by atoms with van der Waals surface area (Å²) < 4.78 is 0. The third-order valence-electron chi connectivity index (χ3n) is 3.10. The molecule has 0 radical (unpaired) electrons. The number of pyridine rings is 2. The Labute approximate surface area is 123 Å². The van der Waals surface area contributed by atoms with E-state index in [0.717, 1.165) is 24.1 Å². The molecule has 110 valence electrons. The van der Waals surface area contributed by atoms with E-state index in [1.807, 2.05) is 19.1 Å². The highest BCUT2D eigenvalue weighted by Gasteiger charge is 2.08. The number of nitrogens with two attached hydrogens (primary N) is 1. The van der Waals surface area contributed by atoms with Crippen LogP contribution in [0.1, 0.15) is 28.5 Å².